The predicted molar refractivity (Wildman–Crippen MR) is 141 cm³/mol. The van der Waals surface area contributed by atoms with Crippen molar-refractivity contribution >= 4 is 40.3 Å². The molecule has 2 aromatic rings. The normalized spacial score (nSPS) is 11.2. The molecule has 4 heteroatoms. The Hall–Kier alpha value is -1.91. The van der Waals surface area contributed by atoms with Crippen LogP contribution in [0.2, 0.25) is 0 Å². The monoisotopic (exact) mass is 441 g/mol. The van der Waals surface area contributed by atoms with E-state index >= 15 is 0 Å². The Kier molecular flexibility index (Phi) is 13.0. The average Bonchev–Trinajstić information content (AvgIpc) is 2.78. The van der Waals surface area contributed by atoms with Crippen molar-refractivity contribution in [3.05, 3.63) is 83.7 Å². The molecule has 0 radical (unpaired) electrons. The minimum absolute atomic E-state index is 0.869. The summed E-state index contributed by atoms with van der Waals surface area (Å²) in [4.78, 5) is 2.25. The molecule has 0 unspecified atom stereocenters. The summed E-state index contributed by atoms with van der Waals surface area (Å²) in [6.07, 6.45) is 11.7. The van der Waals surface area contributed by atoms with E-state index in [0.29, 0.717) is 0 Å². The van der Waals surface area contributed by atoms with Crippen LogP contribution in [0.5, 0.6) is 0 Å². The van der Waals surface area contributed by atoms with Crippen molar-refractivity contribution in [3.8, 4) is 0 Å². The van der Waals surface area contributed by atoms with Crippen LogP contribution in [0, 0.1) is 6.92 Å². The Morgan fingerprint density at radius 2 is 1.80 bits per heavy atom. The molecule has 0 bridgehead atoms. The van der Waals surface area contributed by atoms with E-state index in [1.165, 1.54) is 28.1 Å². The number of aromatic nitrogens is 1. The van der Waals surface area contributed by atoms with Gasteiger partial charge in [-0.05, 0) is 29.7 Å². The number of allylic oxidation sites excluding steroid dienone is 3. The third-order valence-electron chi connectivity index (χ3n) is 4.68. The zero-order chi connectivity index (χ0) is 22.4. The molecule has 0 aliphatic rings. The minimum atomic E-state index is 0.869. The van der Waals surface area contributed by atoms with Crippen LogP contribution in [-0.2, 0) is 6.54 Å². The molecule has 0 aliphatic carbocycles. The number of rotatable bonds is 10. The number of hydrogen-bond donors (Lipinski definition) is 1. The second-order valence-electron chi connectivity index (χ2n) is 6.80. The van der Waals surface area contributed by atoms with Gasteiger partial charge in [-0.1, -0.05) is 74.6 Å². The molecule has 0 aliphatic heterocycles. The maximum absolute atomic E-state index is 4.20. The van der Waals surface area contributed by atoms with Gasteiger partial charge < -0.3 is 4.90 Å². The van der Waals surface area contributed by atoms with Crippen molar-refractivity contribution in [2.24, 2.45) is 0 Å². The lowest BCUT2D eigenvalue weighted by Crippen LogP contribution is -2.37. The molecule has 0 spiro atoms. The second kappa shape index (κ2) is 15.0. The molecule has 30 heavy (non-hydrogen) atoms. The van der Waals surface area contributed by atoms with Crippen molar-refractivity contribution < 1.29 is 4.57 Å². The number of pyridine rings is 1. The van der Waals surface area contributed by atoms with E-state index in [1.807, 2.05) is 19.9 Å². The van der Waals surface area contributed by atoms with Crippen LogP contribution in [0.3, 0.4) is 0 Å². The Morgan fingerprint density at radius 3 is 2.37 bits per heavy atom. The van der Waals surface area contributed by atoms with Crippen LogP contribution in [0.15, 0.2) is 66.9 Å². The maximum atomic E-state index is 4.20. The first kappa shape index (κ1) is 26.1. The third-order valence-corrected chi connectivity index (χ3v) is 5.59. The summed E-state index contributed by atoms with van der Waals surface area (Å²) in [5.74, 6) is 1.01. The Bertz CT molecular complexity index is 823. The fourth-order valence-electron chi connectivity index (χ4n) is 2.96. The molecule has 0 saturated carbocycles. The first-order valence-corrected chi connectivity index (χ1v) is 12.7. The van der Waals surface area contributed by atoms with Crippen LogP contribution in [0.1, 0.15) is 44.0 Å². The number of thiol groups is 1. The maximum Gasteiger partial charge on any atom is 0.179 e. The number of nitrogens with zero attached hydrogens (tertiary/aromatic N) is 2. The van der Waals surface area contributed by atoms with Gasteiger partial charge in [-0.2, -0.15) is 4.57 Å². The summed E-state index contributed by atoms with van der Waals surface area (Å²) in [6.45, 7) is 14.1. The molecule has 0 atom stereocenters. The summed E-state index contributed by atoms with van der Waals surface area (Å²) in [5, 5.41) is 0. The van der Waals surface area contributed by atoms with E-state index in [0.717, 1.165) is 25.3 Å². The van der Waals surface area contributed by atoms with Crippen LogP contribution in [-0.4, -0.2) is 19.3 Å². The number of benzene rings is 1. The zero-order valence-corrected chi connectivity index (χ0v) is 20.8. The molecule has 2 nitrogen and oxygen atoms in total. The molecule has 1 aromatic heterocycles. The molecule has 1 aromatic carbocycles. The quantitative estimate of drug-likeness (QED) is 0.183. The fraction of sp³-hybridized carbons (Fsp3) is 0.346. The highest BCUT2D eigenvalue weighted by atomic mass is 33.1. The molecule has 0 N–H and O–H groups in total. The van der Waals surface area contributed by atoms with E-state index in [4.69, 9.17) is 0 Å². The smallest absolute Gasteiger partial charge is 0.179 e. The highest BCUT2D eigenvalue weighted by Gasteiger charge is 2.08. The van der Waals surface area contributed by atoms with Gasteiger partial charge in [0.1, 0.15) is 0 Å². The lowest BCUT2D eigenvalue weighted by Gasteiger charge is -2.18. The Balaban J connectivity index is 0.00000218. The van der Waals surface area contributed by atoms with Crippen LogP contribution < -0.4 is 9.47 Å². The van der Waals surface area contributed by atoms with Crippen molar-refractivity contribution in [1.82, 2.24) is 0 Å². The summed E-state index contributed by atoms with van der Waals surface area (Å²) in [7, 11) is 3.69. The van der Waals surface area contributed by atoms with Crippen LogP contribution >= 0.6 is 22.5 Å². The van der Waals surface area contributed by atoms with Crippen molar-refractivity contribution in [2.75, 3.05) is 24.2 Å². The van der Waals surface area contributed by atoms with Gasteiger partial charge in [-0.3, -0.25) is 0 Å². The summed E-state index contributed by atoms with van der Waals surface area (Å²) < 4.78 is 2.26. The van der Waals surface area contributed by atoms with Crippen LogP contribution in [0.25, 0.3) is 12.2 Å². The van der Waals surface area contributed by atoms with Gasteiger partial charge in [0, 0.05) is 49.7 Å². The van der Waals surface area contributed by atoms with Gasteiger partial charge in [0.2, 0.25) is 0 Å². The SMILES string of the molecule is C=C/C(=C\CC)C[n+]1ccc(/C=C/c2ccc(N(C)CCSS)cc2)cc1C.CC. The van der Waals surface area contributed by atoms with Crippen molar-refractivity contribution in [3.63, 3.8) is 0 Å². The minimum Gasteiger partial charge on any atom is -0.374 e. The molecule has 0 fully saturated rings. The highest BCUT2D eigenvalue weighted by molar-refractivity contribution is 8.68. The number of anilines is 1. The van der Waals surface area contributed by atoms with Crippen molar-refractivity contribution in [1.29, 1.82) is 0 Å². The molecule has 2 rings (SSSR count). The third kappa shape index (κ3) is 8.85. The summed E-state index contributed by atoms with van der Waals surface area (Å²) in [5.41, 5.74) is 6.14. The Morgan fingerprint density at radius 1 is 1.13 bits per heavy atom. The standard InChI is InChI=1S/C24H30N2S2.C2H6/c1-5-7-21(6-2)19-26-15-14-23(18-20(26)3)9-8-22-10-12-24(13-11-22)25(4)16-17-28-27;1-2/h6-15,18H,2,5,16-17,19H2,1,3-4H3;1-2H3/p+1/b21-7+;. The first-order chi connectivity index (χ1) is 14.6. The van der Waals surface area contributed by atoms with Gasteiger partial charge in [0.25, 0.3) is 0 Å². The molecule has 0 amide bonds. The number of hydrogen-bond acceptors (Lipinski definition) is 3. The highest BCUT2D eigenvalue weighted by Crippen LogP contribution is 2.17. The van der Waals surface area contributed by atoms with E-state index in [-0.39, 0.29) is 0 Å². The van der Waals surface area contributed by atoms with E-state index in [9.17, 15) is 0 Å². The van der Waals surface area contributed by atoms with Gasteiger partial charge in [0.05, 0.1) is 0 Å². The van der Waals surface area contributed by atoms with E-state index < -0.39 is 0 Å². The van der Waals surface area contributed by atoms with Crippen LogP contribution in [0.4, 0.5) is 5.69 Å². The largest absolute Gasteiger partial charge is 0.374 e. The first-order valence-electron chi connectivity index (χ1n) is 10.6. The van der Waals surface area contributed by atoms with E-state index in [1.54, 1.807) is 10.8 Å². The topological polar surface area (TPSA) is 7.12 Å². The molecular formula is C26H37N2S2+. The van der Waals surface area contributed by atoms with E-state index in [2.05, 4.69) is 109 Å². The van der Waals surface area contributed by atoms with Gasteiger partial charge in [-0.15, -0.1) is 11.7 Å². The molecule has 0 saturated heterocycles. The number of aryl methyl sites for hydroxylation is 1. The summed E-state index contributed by atoms with van der Waals surface area (Å²) in [6, 6.07) is 13.1. The lowest BCUT2D eigenvalue weighted by molar-refractivity contribution is -0.694. The van der Waals surface area contributed by atoms with Gasteiger partial charge in [-0.25, -0.2) is 0 Å². The zero-order valence-electron chi connectivity index (χ0n) is 19.1. The second-order valence-corrected chi connectivity index (χ2v) is 8.24. The predicted octanol–water partition coefficient (Wildman–Crippen LogP) is 7.02. The summed E-state index contributed by atoms with van der Waals surface area (Å²) >= 11 is 4.20. The average molecular weight is 442 g/mol. The molecular weight excluding hydrogens is 404 g/mol. The molecule has 1 heterocycles. The Labute approximate surface area is 193 Å². The molecule has 162 valence electrons. The fourth-order valence-corrected chi connectivity index (χ4v) is 3.56. The lowest BCUT2D eigenvalue weighted by atomic mass is 10.1. The van der Waals surface area contributed by atoms with Gasteiger partial charge in [0.15, 0.2) is 18.4 Å². The van der Waals surface area contributed by atoms with Crippen molar-refractivity contribution in [2.45, 2.75) is 40.7 Å². The van der Waals surface area contributed by atoms with Gasteiger partial charge >= 0.3 is 0 Å².